The van der Waals surface area contributed by atoms with Crippen LogP contribution in [-0.4, -0.2) is 9.13 Å². The van der Waals surface area contributed by atoms with Gasteiger partial charge in [0.1, 0.15) is 5.82 Å². The minimum absolute atomic E-state index is 0.0134. The third kappa shape index (κ3) is 8.64. The van der Waals surface area contributed by atoms with E-state index in [2.05, 4.69) is 159 Å². The molecule has 0 aliphatic rings. The molecular weight excluding hydrogens is 959 g/mol. The Morgan fingerprint density at radius 2 is 0.649 bits per heavy atom. The molecule has 12 aromatic rings. The van der Waals surface area contributed by atoms with Crippen LogP contribution >= 0.6 is 0 Å². The maximum absolute atomic E-state index is 17.4. The minimum Gasteiger partial charge on any atom is -0.308 e. The standard InChI is InChI=1S/C70H53F4N3/c1-39-20-40(2)25-52(24-39)48-12-16-62-56(34-48)57-35-49(53-26-41(3)21-42(4)27-53)13-17-63(57)76(62)66-32-47(38-75)33-67(69(66)68-60(70(72,73)74)10-9-11-61(68)71)77-64-18-14-50(54-28-43(5)22-44(6)29-54)36-58(64)59-37-51(15-19-65(59)77)55-30-45(7)23-46(8)31-55/h9-37H,1-8H3. The highest BCUT2D eigenvalue weighted by molar-refractivity contribution is 6.14. The molecule has 0 saturated carbocycles. The van der Waals surface area contributed by atoms with Crippen molar-refractivity contribution in [1.29, 1.82) is 5.26 Å². The van der Waals surface area contributed by atoms with Crippen LogP contribution in [0.2, 0.25) is 0 Å². The lowest BCUT2D eigenvalue weighted by Gasteiger charge is -2.23. The molecule has 10 aromatic carbocycles. The first kappa shape index (κ1) is 48.9. The number of halogens is 4. The van der Waals surface area contributed by atoms with Crippen LogP contribution in [0.1, 0.15) is 55.6 Å². The van der Waals surface area contributed by atoms with Gasteiger partial charge < -0.3 is 9.13 Å². The van der Waals surface area contributed by atoms with Crippen molar-refractivity contribution in [3.63, 3.8) is 0 Å². The van der Waals surface area contributed by atoms with Crippen LogP contribution in [0, 0.1) is 72.5 Å². The number of rotatable bonds is 7. The summed E-state index contributed by atoms with van der Waals surface area (Å²) in [5.41, 5.74) is 18.5. The fourth-order valence-electron chi connectivity index (χ4n) is 12.1. The van der Waals surface area contributed by atoms with Crippen molar-refractivity contribution in [2.24, 2.45) is 0 Å². The highest BCUT2D eigenvalue weighted by Crippen LogP contribution is 2.49. The van der Waals surface area contributed by atoms with Crippen molar-refractivity contribution in [2.75, 3.05) is 0 Å². The average molecular weight is 1010 g/mol. The minimum atomic E-state index is -4.97. The van der Waals surface area contributed by atoms with E-state index in [1.807, 2.05) is 57.7 Å². The van der Waals surface area contributed by atoms with E-state index >= 15 is 17.6 Å². The molecule has 2 aromatic heterocycles. The van der Waals surface area contributed by atoms with E-state index in [4.69, 9.17) is 0 Å². The molecule has 12 rings (SSSR count). The summed E-state index contributed by atoms with van der Waals surface area (Å²) in [6, 6.07) is 59.1. The van der Waals surface area contributed by atoms with Crippen LogP contribution < -0.4 is 0 Å². The summed E-state index contributed by atoms with van der Waals surface area (Å²) < 4.78 is 68.8. The zero-order valence-corrected chi connectivity index (χ0v) is 44.1. The molecule has 376 valence electrons. The third-order valence-electron chi connectivity index (χ3n) is 15.0. The number of benzene rings is 10. The number of aromatic nitrogens is 2. The van der Waals surface area contributed by atoms with Gasteiger partial charge in [-0.25, -0.2) is 4.39 Å². The highest BCUT2D eigenvalue weighted by Gasteiger charge is 2.37. The highest BCUT2D eigenvalue weighted by atomic mass is 19.4. The summed E-state index contributed by atoms with van der Waals surface area (Å²) in [5.74, 6) is -1.04. The Bertz CT molecular complexity index is 3950. The van der Waals surface area contributed by atoms with E-state index in [1.54, 1.807) is 12.1 Å². The summed E-state index contributed by atoms with van der Waals surface area (Å²) in [6.45, 7) is 16.6. The Kier molecular flexibility index (Phi) is 11.7. The monoisotopic (exact) mass is 1010 g/mol. The molecule has 0 amide bonds. The summed E-state index contributed by atoms with van der Waals surface area (Å²) in [4.78, 5) is 0. The number of fused-ring (bicyclic) bond motifs is 6. The number of hydrogen-bond acceptors (Lipinski definition) is 1. The zero-order chi connectivity index (χ0) is 53.8. The molecule has 0 bridgehead atoms. The average Bonchev–Trinajstić information content (AvgIpc) is 4.15. The van der Waals surface area contributed by atoms with Crippen molar-refractivity contribution in [2.45, 2.75) is 61.6 Å². The van der Waals surface area contributed by atoms with Gasteiger partial charge >= 0.3 is 6.18 Å². The zero-order valence-electron chi connectivity index (χ0n) is 44.1. The van der Waals surface area contributed by atoms with Crippen molar-refractivity contribution in [3.05, 3.63) is 237 Å². The molecule has 0 fully saturated rings. The number of hydrogen-bond donors (Lipinski definition) is 0. The molecule has 77 heavy (non-hydrogen) atoms. The van der Waals surface area contributed by atoms with Crippen molar-refractivity contribution in [1.82, 2.24) is 9.13 Å². The largest absolute Gasteiger partial charge is 0.417 e. The van der Waals surface area contributed by atoms with Crippen LogP contribution in [0.25, 0.3) is 111 Å². The fourth-order valence-corrected chi connectivity index (χ4v) is 12.1. The Morgan fingerprint density at radius 3 is 0.922 bits per heavy atom. The van der Waals surface area contributed by atoms with Gasteiger partial charge in [-0.15, -0.1) is 0 Å². The van der Waals surface area contributed by atoms with Crippen LogP contribution in [-0.2, 0) is 6.18 Å². The molecule has 3 nitrogen and oxygen atoms in total. The van der Waals surface area contributed by atoms with E-state index < -0.39 is 23.1 Å². The maximum atomic E-state index is 17.4. The van der Waals surface area contributed by atoms with Gasteiger partial charge in [-0.2, -0.15) is 18.4 Å². The predicted octanol–water partition coefficient (Wildman–Crippen LogP) is 19.7. The van der Waals surface area contributed by atoms with Crippen LogP contribution in [0.15, 0.2) is 176 Å². The van der Waals surface area contributed by atoms with E-state index in [0.717, 1.165) is 129 Å². The van der Waals surface area contributed by atoms with Gasteiger partial charge in [0.2, 0.25) is 0 Å². The van der Waals surface area contributed by atoms with Crippen LogP contribution in [0.5, 0.6) is 0 Å². The van der Waals surface area contributed by atoms with Gasteiger partial charge in [0.05, 0.1) is 50.6 Å². The van der Waals surface area contributed by atoms with E-state index in [1.165, 1.54) is 0 Å². The second-order valence-electron chi connectivity index (χ2n) is 21.3. The first-order valence-corrected chi connectivity index (χ1v) is 25.9. The van der Waals surface area contributed by atoms with Crippen LogP contribution in [0.4, 0.5) is 17.6 Å². The first-order chi connectivity index (χ1) is 36.9. The van der Waals surface area contributed by atoms with Crippen molar-refractivity contribution < 1.29 is 17.6 Å². The molecule has 0 aliphatic carbocycles. The number of nitriles is 1. The Morgan fingerprint density at radius 1 is 0.351 bits per heavy atom. The molecule has 0 radical (unpaired) electrons. The quantitative estimate of drug-likeness (QED) is 0.147. The molecule has 0 N–H and O–H groups in total. The van der Waals surface area contributed by atoms with Crippen molar-refractivity contribution >= 4 is 43.6 Å². The summed E-state index contributed by atoms with van der Waals surface area (Å²) in [6.07, 6.45) is -4.97. The lowest BCUT2D eigenvalue weighted by molar-refractivity contribution is -0.137. The number of aryl methyl sites for hydroxylation is 8. The van der Waals surface area contributed by atoms with Gasteiger partial charge in [-0.05, 0) is 173 Å². The fraction of sp³-hybridized carbons (Fsp3) is 0.129. The van der Waals surface area contributed by atoms with Gasteiger partial charge in [0.25, 0.3) is 0 Å². The molecule has 0 saturated heterocycles. The SMILES string of the molecule is Cc1cc(C)cc(-c2ccc3c(c2)c2cc(-c4cc(C)cc(C)c4)ccc2n3-c2cc(C#N)cc(-n3c4ccc(-c5cc(C)cc(C)c5)cc4c4cc(-c5cc(C)cc(C)c5)ccc43)c2-c2c(F)cccc2C(F)(F)F)c1. The Hall–Kier alpha value is -8.99. The third-order valence-corrected chi connectivity index (χ3v) is 15.0. The van der Waals surface area contributed by atoms with Crippen molar-refractivity contribution in [3.8, 4) is 73.1 Å². The van der Waals surface area contributed by atoms with E-state index in [0.29, 0.717) is 22.1 Å². The molecule has 0 unspecified atom stereocenters. The topological polar surface area (TPSA) is 33.6 Å². The first-order valence-electron chi connectivity index (χ1n) is 25.9. The predicted molar refractivity (Wildman–Crippen MR) is 310 cm³/mol. The van der Waals surface area contributed by atoms with Gasteiger partial charge in [-0.1, -0.05) is 148 Å². The van der Waals surface area contributed by atoms with Gasteiger partial charge in [0.15, 0.2) is 0 Å². The molecule has 7 heteroatoms. The maximum Gasteiger partial charge on any atom is 0.417 e. The van der Waals surface area contributed by atoms with E-state index in [-0.39, 0.29) is 22.5 Å². The van der Waals surface area contributed by atoms with Crippen LogP contribution in [0.3, 0.4) is 0 Å². The smallest absolute Gasteiger partial charge is 0.308 e. The second kappa shape index (κ2) is 18.4. The number of alkyl halides is 3. The number of nitrogens with zero attached hydrogens (tertiary/aromatic N) is 3. The lowest BCUT2D eigenvalue weighted by Crippen LogP contribution is -2.12. The second-order valence-corrected chi connectivity index (χ2v) is 21.3. The molecule has 0 spiro atoms. The summed E-state index contributed by atoms with van der Waals surface area (Å²) in [5, 5.41) is 14.5. The molecular formula is C70H53F4N3. The Balaban J connectivity index is 1.24. The van der Waals surface area contributed by atoms with Gasteiger partial charge in [0, 0.05) is 32.7 Å². The molecule has 0 atom stereocenters. The van der Waals surface area contributed by atoms with Gasteiger partial charge in [-0.3, -0.25) is 0 Å². The summed E-state index contributed by atoms with van der Waals surface area (Å²) >= 11 is 0. The molecule has 0 aliphatic heterocycles. The van der Waals surface area contributed by atoms with E-state index in [9.17, 15) is 5.26 Å². The summed E-state index contributed by atoms with van der Waals surface area (Å²) in [7, 11) is 0. The Labute approximate surface area is 445 Å². The normalized spacial score (nSPS) is 11.9. The molecule has 2 heterocycles. The lowest BCUT2D eigenvalue weighted by atomic mass is 9.93.